The first-order chi connectivity index (χ1) is 13.8. The van der Waals surface area contributed by atoms with E-state index in [1.165, 1.54) is 12.8 Å². The van der Waals surface area contributed by atoms with Gasteiger partial charge in [0.1, 0.15) is 0 Å². The van der Waals surface area contributed by atoms with Gasteiger partial charge in [0.15, 0.2) is 0 Å². The van der Waals surface area contributed by atoms with Crippen molar-refractivity contribution in [2.45, 2.75) is 81.6 Å². The number of aliphatic carboxylic acids is 2. The number of carbonyl (C=O) groups is 2. The molecule has 0 aliphatic heterocycles. The summed E-state index contributed by atoms with van der Waals surface area (Å²) in [6.45, 7) is 18.6. The molecule has 0 unspecified atom stereocenters. The van der Waals surface area contributed by atoms with E-state index in [-0.39, 0.29) is 23.7 Å². The maximum Gasteiger partial charge on any atom is 0.307 e. The minimum absolute atomic E-state index is 0.174. The molecule has 0 aliphatic rings. The fourth-order valence-electron chi connectivity index (χ4n) is 2.55. The molecule has 30 heavy (non-hydrogen) atoms. The van der Waals surface area contributed by atoms with Crippen molar-refractivity contribution in [2.24, 2.45) is 35.5 Å². The lowest BCUT2D eigenvalue weighted by atomic mass is 9.89. The van der Waals surface area contributed by atoms with E-state index in [4.69, 9.17) is 10.2 Å². The Balaban J connectivity index is 0. The second kappa shape index (κ2) is 16.9. The highest BCUT2D eigenvalue weighted by atomic mass is 16.4. The molecule has 174 valence electrons. The summed E-state index contributed by atoms with van der Waals surface area (Å²) in [6, 6.07) is 9.76. The van der Waals surface area contributed by atoms with Crippen LogP contribution in [0.3, 0.4) is 0 Å². The molecule has 1 aromatic carbocycles. The van der Waals surface area contributed by atoms with E-state index in [1.54, 1.807) is 6.92 Å². The Labute approximate surface area is 185 Å². The molecular weight excluding hydrogens is 376 g/mol. The molecule has 1 rings (SSSR count). The maximum atomic E-state index is 10.9. The summed E-state index contributed by atoms with van der Waals surface area (Å²) in [6.07, 6.45) is 3.34. The van der Waals surface area contributed by atoms with Crippen LogP contribution in [0.5, 0.6) is 0 Å². The molecule has 4 heteroatoms. The molecule has 0 aromatic heterocycles. The number of hydrogen-bond acceptors (Lipinski definition) is 2. The molecule has 2 N–H and O–H groups in total. The van der Waals surface area contributed by atoms with Gasteiger partial charge in [0.05, 0.1) is 11.8 Å². The molecule has 0 fully saturated rings. The van der Waals surface area contributed by atoms with Crippen LogP contribution in [0.15, 0.2) is 30.3 Å². The second-order valence-electron chi connectivity index (χ2n) is 9.26. The fourth-order valence-corrected chi connectivity index (χ4v) is 2.55. The fraction of sp³-hybridized carbons (Fsp3) is 0.692. The minimum Gasteiger partial charge on any atom is -0.481 e. The highest BCUT2D eigenvalue weighted by Crippen LogP contribution is 2.17. The third-order valence-corrected chi connectivity index (χ3v) is 5.69. The SMILES string of the molecule is CC(C)[C@@H](C)C(=O)O.CC(C)[C@@H](Cc1ccccc1)C(=O)O.CCC[C@@H](C)C(C)C. The summed E-state index contributed by atoms with van der Waals surface area (Å²) < 4.78 is 0. The first kappa shape index (κ1) is 30.4. The van der Waals surface area contributed by atoms with Crippen molar-refractivity contribution in [3.05, 3.63) is 35.9 Å². The van der Waals surface area contributed by atoms with E-state index in [9.17, 15) is 9.59 Å². The van der Waals surface area contributed by atoms with Gasteiger partial charge in [-0.05, 0) is 35.7 Å². The third kappa shape index (κ3) is 15.1. The van der Waals surface area contributed by atoms with E-state index >= 15 is 0 Å². The molecule has 0 heterocycles. The van der Waals surface area contributed by atoms with Crippen LogP contribution >= 0.6 is 0 Å². The lowest BCUT2D eigenvalue weighted by Gasteiger charge is -2.15. The number of hydrogen-bond donors (Lipinski definition) is 2. The topological polar surface area (TPSA) is 74.6 Å². The summed E-state index contributed by atoms with van der Waals surface area (Å²) in [7, 11) is 0. The van der Waals surface area contributed by atoms with Gasteiger partial charge in [-0.2, -0.15) is 0 Å². The molecule has 4 nitrogen and oxygen atoms in total. The Bertz CT molecular complexity index is 564. The van der Waals surface area contributed by atoms with Gasteiger partial charge in [-0.25, -0.2) is 0 Å². The van der Waals surface area contributed by atoms with Crippen molar-refractivity contribution in [1.82, 2.24) is 0 Å². The van der Waals surface area contributed by atoms with Gasteiger partial charge in [-0.1, -0.05) is 105 Å². The lowest BCUT2D eigenvalue weighted by Crippen LogP contribution is -2.22. The molecule has 0 aliphatic carbocycles. The minimum atomic E-state index is -0.708. The molecule has 1 aromatic rings. The van der Waals surface area contributed by atoms with Gasteiger partial charge in [-0.15, -0.1) is 0 Å². The molecule has 3 atom stereocenters. The zero-order valence-electron chi connectivity index (χ0n) is 20.7. The molecule has 0 amide bonds. The van der Waals surface area contributed by atoms with Gasteiger partial charge in [0.25, 0.3) is 0 Å². The van der Waals surface area contributed by atoms with Crippen molar-refractivity contribution in [1.29, 1.82) is 0 Å². The van der Waals surface area contributed by atoms with E-state index in [1.807, 2.05) is 58.0 Å². The van der Waals surface area contributed by atoms with Crippen LogP contribution in [-0.4, -0.2) is 22.2 Å². The van der Waals surface area contributed by atoms with E-state index < -0.39 is 11.9 Å². The van der Waals surface area contributed by atoms with E-state index in [2.05, 4.69) is 27.7 Å². The highest BCUT2D eigenvalue weighted by Gasteiger charge is 2.21. The standard InChI is InChI=1S/C12H16O2.C8H18.C6H12O2/c1-9(2)11(12(13)14)8-10-6-4-3-5-7-10;1-5-6-8(4)7(2)3;1-4(2)5(3)6(7)8/h3-7,9,11H,8H2,1-2H3,(H,13,14);7-8H,5-6H2,1-4H3;4-5H,1-3H3,(H,7,8)/t11-;8-;5-/m111/s1. The third-order valence-electron chi connectivity index (χ3n) is 5.69. The Morgan fingerprint density at radius 3 is 1.50 bits per heavy atom. The molecular formula is C26H46O4. The summed E-state index contributed by atoms with van der Waals surface area (Å²) in [5, 5.41) is 17.4. The predicted octanol–water partition coefficient (Wildman–Crippen LogP) is 7.03. The van der Waals surface area contributed by atoms with E-state index in [0.29, 0.717) is 6.42 Å². The second-order valence-corrected chi connectivity index (χ2v) is 9.26. The van der Waals surface area contributed by atoms with Gasteiger partial charge in [-0.3, -0.25) is 9.59 Å². The van der Waals surface area contributed by atoms with Crippen molar-refractivity contribution < 1.29 is 19.8 Å². The van der Waals surface area contributed by atoms with Crippen LogP contribution in [0.1, 0.15) is 80.7 Å². The van der Waals surface area contributed by atoms with Crippen LogP contribution in [-0.2, 0) is 16.0 Å². The van der Waals surface area contributed by atoms with Crippen LogP contribution in [0.2, 0.25) is 0 Å². The van der Waals surface area contributed by atoms with Crippen LogP contribution in [0, 0.1) is 35.5 Å². The number of rotatable bonds is 9. The Morgan fingerprint density at radius 2 is 1.27 bits per heavy atom. The largest absolute Gasteiger partial charge is 0.481 e. The molecule has 0 saturated carbocycles. The summed E-state index contributed by atoms with van der Waals surface area (Å²) in [5.41, 5.74) is 1.09. The zero-order chi connectivity index (χ0) is 23.9. The average molecular weight is 423 g/mol. The van der Waals surface area contributed by atoms with E-state index in [0.717, 1.165) is 17.4 Å². The Morgan fingerprint density at radius 1 is 0.767 bits per heavy atom. The first-order valence-corrected chi connectivity index (χ1v) is 11.3. The molecule has 0 radical (unpaired) electrons. The lowest BCUT2D eigenvalue weighted by molar-refractivity contribution is -0.143. The van der Waals surface area contributed by atoms with Crippen LogP contribution in [0.25, 0.3) is 0 Å². The Kier molecular flexibility index (Phi) is 17.1. The number of carboxylic acids is 2. The molecule has 0 bridgehead atoms. The van der Waals surface area contributed by atoms with Crippen molar-refractivity contribution in [2.75, 3.05) is 0 Å². The van der Waals surface area contributed by atoms with Crippen LogP contribution < -0.4 is 0 Å². The summed E-state index contributed by atoms with van der Waals surface area (Å²) in [5.74, 6) is 0.298. The normalized spacial score (nSPS) is 13.6. The van der Waals surface area contributed by atoms with Gasteiger partial charge < -0.3 is 10.2 Å². The monoisotopic (exact) mass is 422 g/mol. The maximum absolute atomic E-state index is 10.9. The Hall–Kier alpha value is -1.84. The predicted molar refractivity (Wildman–Crippen MR) is 127 cm³/mol. The zero-order valence-corrected chi connectivity index (χ0v) is 20.7. The van der Waals surface area contributed by atoms with Gasteiger partial charge in [0.2, 0.25) is 0 Å². The van der Waals surface area contributed by atoms with Gasteiger partial charge >= 0.3 is 11.9 Å². The van der Waals surface area contributed by atoms with Crippen molar-refractivity contribution in [3.63, 3.8) is 0 Å². The van der Waals surface area contributed by atoms with Crippen LogP contribution in [0.4, 0.5) is 0 Å². The molecule has 0 saturated heterocycles. The smallest absolute Gasteiger partial charge is 0.307 e. The van der Waals surface area contributed by atoms with Gasteiger partial charge in [0, 0.05) is 0 Å². The van der Waals surface area contributed by atoms with Crippen molar-refractivity contribution in [3.8, 4) is 0 Å². The highest BCUT2D eigenvalue weighted by molar-refractivity contribution is 5.70. The first-order valence-electron chi connectivity index (χ1n) is 11.3. The summed E-state index contributed by atoms with van der Waals surface area (Å²) >= 11 is 0. The summed E-state index contributed by atoms with van der Waals surface area (Å²) in [4.78, 5) is 21.1. The molecule has 0 spiro atoms. The van der Waals surface area contributed by atoms with Crippen molar-refractivity contribution >= 4 is 11.9 Å². The quantitative estimate of drug-likeness (QED) is 0.448. The number of carboxylic acid groups (broad SMARTS) is 2. The average Bonchev–Trinajstić information content (AvgIpc) is 2.66. The number of benzene rings is 1.